The number of rotatable bonds is 9. The van der Waals surface area contributed by atoms with Crippen molar-refractivity contribution >= 4 is 34.8 Å². The number of carbonyl (C=O) groups is 3. The molecule has 1 aromatic heterocycles. The predicted molar refractivity (Wildman–Crippen MR) is 114 cm³/mol. The highest BCUT2D eigenvalue weighted by molar-refractivity contribution is 7.08. The fraction of sp³-hybridized carbons (Fsp3) is 0.136. The molecule has 2 aromatic carbocycles. The Morgan fingerprint density at radius 2 is 1.63 bits per heavy atom. The highest BCUT2D eigenvalue weighted by Gasteiger charge is 2.10. The molecule has 0 spiro atoms. The zero-order valence-corrected chi connectivity index (χ0v) is 16.8. The number of carbonyl (C=O) groups excluding carboxylic acids is 3. The summed E-state index contributed by atoms with van der Waals surface area (Å²) in [6.45, 7) is -0.266. The van der Waals surface area contributed by atoms with Crippen molar-refractivity contribution in [1.82, 2.24) is 5.32 Å². The van der Waals surface area contributed by atoms with Crippen LogP contribution in [0.4, 0.5) is 5.69 Å². The van der Waals surface area contributed by atoms with Gasteiger partial charge in [-0.05, 0) is 47.8 Å². The lowest BCUT2D eigenvalue weighted by Gasteiger charge is -2.09. The molecule has 2 N–H and O–H groups in total. The minimum Gasteiger partial charge on any atom is -0.457 e. The van der Waals surface area contributed by atoms with E-state index in [1.54, 1.807) is 41.1 Å². The van der Waals surface area contributed by atoms with Crippen molar-refractivity contribution in [3.05, 3.63) is 77.0 Å². The molecule has 0 radical (unpaired) electrons. The average Bonchev–Trinajstić information content (AvgIpc) is 3.29. The first-order valence-corrected chi connectivity index (χ1v) is 10.1. The van der Waals surface area contributed by atoms with Gasteiger partial charge >= 0.3 is 5.97 Å². The van der Waals surface area contributed by atoms with Gasteiger partial charge in [-0.1, -0.05) is 18.2 Å². The lowest BCUT2D eigenvalue weighted by Crippen LogP contribution is -2.27. The van der Waals surface area contributed by atoms with E-state index < -0.39 is 18.5 Å². The zero-order chi connectivity index (χ0) is 21.2. The van der Waals surface area contributed by atoms with E-state index in [0.717, 1.165) is 0 Å². The number of anilines is 1. The molecule has 0 aliphatic heterocycles. The van der Waals surface area contributed by atoms with Crippen molar-refractivity contribution in [2.45, 2.75) is 6.42 Å². The minimum atomic E-state index is -0.567. The number of hydrogen-bond acceptors (Lipinski definition) is 6. The lowest BCUT2D eigenvalue weighted by molar-refractivity contribution is -0.147. The van der Waals surface area contributed by atoms with E-state index in [1.807, 2.05) is 30.3 Å². The molecule has 0 saturated heterocycles. The van der Waals surface area contributed by atoms with E-state index in [4.69, 9.17) is 9.47 Å². The number of hydrogen-bond donors (Lipinski definition) is 2. The molecule has 0 atom stereocenters. The van der Waals surface area contributed by atoms with E-state index in [1.165, 1.54) is 11.3 Å². The first-order chi connectivity index (χ1) is 14.6. The summed E-state index contributed by atoms with van der Waals surface area (Å²) in [6, 6.07) is 17.9. The van der Waals surface area contributed by atoms with Crippen molar-refractivity contribution < 1.29 is 23.9 Å². The first-order valence-electron chi connectivity index (χ1n) is 9.19. The number of nitrogens with one attached hydrogen (secondary N) is 2. The molecular formula is C22H20N2O5S. The number of ether oxygens (including phenoxy) is 2. The SMILES string of the molecule is O=C(COC(=O)CCNC(=O)c1ccsc1)Nc1ccc(Oc2ccccc2)cc1. The summed E-state index contributed by atoms with van der Waals surface area (Å²) in [6.07, 6.45) is -0.0192. The maximum absolute atomic E-state index is 11.9. The van der Waals surface area contributed by atoms with Gasteiger partial charge in [-0.3, -0.25) is 14.4 Å². The fourth-order valence-corrected chi connectivity index (χ4v) is 3.06. The van der Waals surface area contributed by atoms with E-state index in [2.05, 4.69) is 10.6 Å². The summed E-state index contributed by atoms with van der Waals surface area (Å²) >= 11 is 1.42. The highest BCUT2D eigenvalue weighted by Crippen LogP contribution is 2.22. The van der Waals surface area contributed by atoms with Crippen molar-refractivity contribution in [1.29, 1.82) is 0 Å². The third-order valence-electron chi connectivity index (χ3n) is 3.88. The molecule has 0 fully saturated rings. The summed E-state index contributed by atoms with van der Waals surface area (Å²) in [5.41, 5.74) is 1.10. The Hall–Kier alpha value is -3.65. The Morgan fingerprint density at radius 3 is 2.33 bits per heavy atom. The van der Waals surface area contributed by atoms with Crippen LogP contribution in [0.1, 0.15) is 16.8 Å². The number of benzene rings is 2. The number of amides is 2. The second-order valence-electron chi connectivity index (χ2n) is 6.17. The summed E-state index contributed by atoms with van der Waals surface area (Å²) in [4.78, 5) is 35.4. The standard InChI is InChI=1S/C22H20N2O5S/c25-20(14-28-21(26)10-12-23-22(27)16-11-13-30-15-16)24-17-6-8-19(9-7-17)29-18-4-2-1-3-5-18/h1-9,11,13,15H,10,12,14H2,(H,23,27)(H,24,25). The fourth-order valence-electron chi connectivity index (χ4n) is 2.42. The van der Waals surface area contributed by atoms with Gasteiger partial charge in [-0.2, -0.15) is 11.3 Å². The van der Waals surface area contributed by atoms with Crippen molar-refractivity contribution in [3.8, 4) is 11.5 Å². The Kier molecular flexibility index (Phi) is 7.57. The number of para-hydroxylation sites is 1. The van der Waals surface area contributed by atoms with Gasteiger partial charge < -0.3 is 20.1 Å². The molecule has 8 heteroatoms. The molecule has 0 saturated carbocycles. The molecule has 2 amide bonds. The molecule has 0 aliphatic carbocycles. The Morgan fingerprint density at radius 1 is 0.900 bits per heavy atom. The van der Waals surface area contributed by atoms with Crippen LogP contribution < -0.4 is 15.4 Å². The minimum absolute atomic E-state index is 0.0192. The van der Waals surface area contributed by atoms with Crippen LogP contribution in [-0.2, 0) is 14.3 Å². The summed E-state index contributed by atoms with van der Waals surface area (Å²) in [7, 11) is 0. The maximum atomic E-state index is 11.9. The normalized spacial score (nSPS) is 10.1. The van der Waals surface area contributed by atoms with Crippen LogP contribution in [0.2, 0.25) is 0 Å². The smallest absolute Gasteiger partial charge is 0.308 e. The van der Waals surface area contributed by atoms with Crippen LogP contribution in [0.3, 0.4) is 0 Å². The van der Waals surface area contributed by atoms with Crippen LogP contribution in [0.5, 0.6) is 11.5 Å². The quantitative estimate of drug-likeness (QED) is 0.509. The molecule has 30 heavy (non-hydrogen) atoms. The molecule has 3 rings (SSSR count). The van der Waals surface area contributed by atoms with Crippen molar-refractivity contribution in [2.24, 2.45) is 0 Å². The van der Waals surface area contributed by atoms with Gasteiger partial charge in [-0.25, -0.2) is 0 Å². The molecule has 0 unspecified atom stereocenters. The van der Waals surface area contributed by atoms with Gasteiger partial charge in [0, 0.05) is 23.2 Å². The average molecular weight is 424 g/mol. The third-order valence-corrected chi connectivity index (χ3v) is 4.56. The monoisotopic (exact) mass is 424 g/mol. The summed E-state index contributed by atoms with van der Waals surface area (Å²) in [5, 5.41) is 8.78. The molecule has 154 valence electrons. The Bertz CT molecular complexity index is 973. The van der Waals surface area contributed by atoms with Gasteiger partial charge in [0.1, 0.15) is 11.5 Å². The molecule has 0 bridgehead atoms. The van der Waals surface area contributed by atoms with E-state index >= 15 is 0 Å². The number of esters is 1. The van der Waals surface area contributed by atoms with Crippen molar-refractivity contribution in [2.75, 3.05) is 18.5 Å². The largest absolute Gasteiger partial charge is 0.457 e. The maximum Gasteiger partial charge on any atom is 0.308 e. The topological polar surface area (TPSA) is 93.7 Å². The van der Waals surface area contributed by atoms with Gasteiger partial charge in [0.05, 0.1) is 6.42 Å². The molecular weight excluding hydrogens is 404 g/mol. The van der Waals surface area contributed by atoms with Crippen LogP contribution in [0.25, 0.3) is 0 Å². The second kappa shape index (κ2) is 10.8. The van der Waals surface area contributed by atoms with Crippen LogP contribution >= 0.6 is 11.3 Å². The van der Waals surface area contributed by atoms with Crippen LogP contribution in [0.15, 0.2) is 71.4 Å². The Labute approximate surface area is 177 Å². The van der Waals surface area contributed by atoms with Gasteiger partial charge in [0.15, 0.2) is 6.61 Å². The number of thiophene rings is 1. The van der Waals surface area contributed by atoms with Crippen molar-refractivity contribution in [3.63, 3.8) is 0 Å². The van der Waals surface area contributed by atoms with E-state index in [9.17, 15) is 14.4 Å². The lowest BCUT2D eigenvalue weighted by atomic mass is 10.3. The van der Waals surface area contributed by atoms with Gasteiger partial charge in [-0.15, -0.1) is 0 Å². The molecule has 1 heterocycles. The molecule has 3 aromatic rings. The van der Waals surface area contributed by atoms with Crippen LogP contribution in [0, 0.1) is 0 Å². The van der Waals surface area contributed by atoms with E-state index in [-0.39, 0.29) is 18.9 Å². The summed E-state index contributed by atoms with van der Waals surface area (Å²) < 4.78 is 10.6. The second-order valence-corrected chi connectivity index (χ2v) is 6.95. The highest BCUT2D eigenvalue weighted by atomic mass is 32.1. The summed E-state index contributed by atoms with van der Waals surface area (Å²) in [5.74, 6) is 0.0779. The first kappa shape index (κ1) is 21.1. The van der Waals surface area contributed by atoms with Gasteiger partial charge in [0.2, 0.25) is 0 Å². The third kappa shape index (κ3) is 6.75. The Balaban J connectivity index is 1.34. The van der Waals surface area contributed by atoms with E-state index in [0.29, 0.717) is 22.7 Å². The molecule has 7 nitrogen and oxygen atoms in total. The predicted octanol–water partition coefficient (Wildman–Crippen LogP) is 3.84. The zero-order valence-electron chi connectivity index (χ0n) is 16.0. The van der Waals surface area contributed by atoms with Gasteiger partial charge in [0.25, 0.3) is 11.8 Å². The van der Waals surface area contributed by atoms with Crippen LogP contribution in [-0.4, -0.2) is 30.9 Å². The molecule has 0 aliphatic rings.